The number of nitrogens with zero attached hydrogens (tertiary/aromatic N) is 2. The van der Waals surface area contributed by atoms with Crippen LogP contribution in [0.5, 0.6) is 5.75 Å². The molecule has 1 rings (SSSR count). The number of hydrogen-bond acceptors (Lipinski definition) is 3. The van der Waals surface area contributed by atoms with Gasteiger partial charge in [-0.25, -0.2) is 4.99 Å². The van der Waals surface area contributed by atoms with E-state index in [1.54, 1.807) is 0 Å². The zero-order chi connectivity index (χ0) is 18.5. The van der Waals surface area contributed by atoms with Gasteiger partial charge in [0, 0.05) is 32.6 Å². The fraction of sp³-hybridized carbons (Fsp3) is 0.579. The number of aliphatic imine (C=N–C) groups is 1. The molecule has 0 spiro atoms. The number of guanidine groups is 1. The predicted molar refractivity (Wildman–Crippen MR) is 118 cm³/mol. The maximum Gasteiger partial charge on any atom is 0.224 e. The molecule has 0 aromatic heterocycles. The van der Waals surface area contributed by atoms with Crippen LogP contribution in [0.4, 0.5) is 0 Å². The lowest BCUT2D eigenvalue weighted by Crippen LogP contribution is -2.40. The molecule has 0 saturated carbocycles. The Morgan fingerprint density at radius 3 is 2.50 bits per heavy atom. The zero-order valence-corrected chi connectivity index (χ0v) is 18.7. The highest BCUT2D eigenvalue weighted by atomic mass is 127. The van der Waals surface area contributed by atoms with E-state index in [0.29, 0.717) is 26.1 Å². The van der Waals surface area contributed by atoms with E-state index in [4.69, 9.17) is 4.74 Å². The van der Waals surface area contributed by atoms with E-state index < -0.39 is 0 Å². The van der Waals surface area contributed by atoms with Crippen LogP contribution in [0.1, 0.15) is 39.7 Å². The molecule has 0 bridgehead atoms. The first kappa shape index (κ1) is 24.5. The Hall–Kier alpha value is -1.51. The molecule has 0 aliphatic carbocycles. The predicted octanol–water partition coefficient (Wildman–Crippen LogP) is 3.02. The first-order valence-corrected chi connectivity index (χ1v) is 9.16. The second-order valence-corrected chi connectivity index (χ2v) is 5.52. The van der Waals surface area contributed by atoms with E-state index in [1.807, 2.05) is 56.9 Å². The molecular formula is C19H33IN4O2. The normalized spacial score (nSPS) is 10.7. The molecule has 0 unspecified atom stereocenters. The van der Waals surface area contributed by atoms with Crippen LogP contribution in [-0.4, -0.2) is 49.6 Å². The first-order chi connectivity index (χ1) is 12.1. The molecule has 0 atom stereocenters. The number of nitrogens with one attached hydrogen (secondary N) is 2. The minimum absolute atomic E-state index is 0. The van der Waals surface area contributed by atoms with Gasteiger partial charge in [-0.3, -0.25) is 4.79 Å². The van der Waals surface area contributed by atoms with Crippen molar-refractivity contribution in [1.29, 1.82) is 0 Å². The monoisotopic (exact) mass is 476 g/mol. The third-order valence-corrected chi connectivity index (χ3v) is 3.72. The molecule has 148 valence electrons. The number of halogens is 1. The van der Waals surface area contributed by atoms with Crippen molar-refractivity contribution in [2.75, 3.05) is 32.8 Å². The Bertz CT molecular complexity index is 548. The topological polar surface area (TPSA) is 66.0 Å². The van der Waals surface area contributed by atoms with Gasteiger partial charge in [0.2, 0.25) is 5.91 Å². The van der Waals surface area contributed by atoms with E-state index in [2.05, 4.69) is 15.6 Å². The number of benzene rings is 1. The van der Waals surface area contributed by atoms with Crippen molar-refractivity contribution in [2.24, 2.45) is 4.99 Å². The largest absolute Gasteiger partial charge is 0.494 e. The quantitative estimate of drug-likeness (QED) is 0.310. The van der Waals surface area contributed by atoms with E-state index in [-0.39, 0.29) is 29.9 Å². The average Bonchev–Trinajstić information content (AvgIpc) is 2.61. The second-order valence-electron chi connectivity index (χ2n) is 5.52. The van der Waals surface area contributed by atoms with Gasteiger partial charge in [0.25, 0.3) is 0 Å². The lowest BCUT2D eigenvalue weighted by molar-refractivity contribution is -0.130. The van der Waals surface area contributed by atoms with Gasteiger partial charge in [0.15, 0.2) is 5.96 Å². The van der Waals surface area contributed by atoms with E-state index in [0.717, 1.165) is 36.9 Å². The molecule has 0 aliphatic heterocycles. The van der Waals surface area contributed by atoms with Gasteiger partial charge in [0.05, 0.1) is 13.2 Å². The van der Waals surface area contributed by atoms with Gasteiger partial charge >= 0.3 is 0 Å². The van der Waals surface area contributed by atoms with Crippen LogP contribution < -0.4 is 15.4 Å². The first-order valence-electron chi connectivity index (χ1n) is 9.16. The average molecular weight is 476 g/mol. The second kappa shape index (κ2) is 14.6. The molecule has 0 radical (unpaired) electrons. The Morgan fingerprint density at radius 2 is 1.88 bits per heavy atom. The fourth-order valence-corrected chi connectivity index (χ4v) is 2.43. The van der Waals surface area contributed by atoms with Crippen molar-refractivity contribution >= 4 is 35.8 Å². The third kappa shape index (κ3) is 9.26. The highest BCUT2D eigenvalue weighted by molar-refractivity contribution is 14.0. The fourth-order valence-electron chi connectivity index (χ4n) is 2.43. The van der Waals surface area contributed by atoms with Gasteiger partial charge in [0.1, 0.15) is 5.75 Å². The Kier molecular flexibility index (Phi) is 13.8. The van der Waals surface area contributed by atoms with Crippen LogP contribution in [0, 0.1) is 0 Å². The summed E-state index contributed by atoms with van der Waals surface area (Å²) in [5.74, 6) is 1.74. The van der Waals surface area contributed by atoms with Crippen LogP contribution >= 0.6 is 24.0 Å². The van der Waals surface area contributed by atoms with Crippen LogP contribution in [0.25, 0.3) is 0 Å². The number of rotatable bonds is 10. The third-order valence-electron chi connectivity index (χ3n) is 3.72. The molecule has 6 nitrogen and oxygen atoms in total. The number of hydrogen-bond donors (Lipinski definition) is 2. The van der Waals surface area contributed by atoms with Crippen molar-refractivity contribution in [1.82, 2.24) is 15.5 Å². The molecule has 1 amide bonds. The van der Waals surface area contributed by atoms with E-state index >= 15 is 0 Å². The van der Waals surface area contributed by atoms with Crippen LogP contribution in [-0.2, 0) is 11.3 Å². The maximum absolute atomic E-state index is 12.0. The Balaban J connectivity index is 0.00000625. The SMILES string of the molecule is CCNC(=NCc1cccc(OCC)c1)NCCC(=O)N(CC)CC.I. The van der Waals surface area contributed by atoms with Crippen molar-refractivity contribution in [2.45, 2.75) is 40.7 Å². The molecule has 0 saturated heterocycles. The zero-order valence-electron chi connectivity index (χ0n) is 16.4. The summed E-state index contributed by atoms with van der Waals surface area (Å²) in [6.07, 6.45) is 0.464. The van der Waals surface area contributed by atoms with Crippen LogP contribution in [0.3, 0.4) is 0 Å². The molecular weight excluding hydrogens is 443 g/mol. The number of amides is 1. The highest BCUT2D eigenvalue weighted by Crippen LogP contribution is 2.13. The van der Waals surface area contributed by atoms with Gasteiger partial charge in [-0.1, -0.05) is 12.1 Å². The van der Waals surface area contributed by atoms with Crippen molar-refractivity contribution < 1.29 is 9.53 Å². The summed E-state index contributed by atoms with van der Waals surface area (Å²) >= 11 is 0. The molecule has 1 aromatic carbocycles. The van der Waals surface area contributed by atoms with Crippen molar-refractivity contribution in [3.8, 4) is 5.75 Å². The standard InChI is InChI=1S/C19H32N4O2.HI/c1-5-20-19(21-13-12-18(24)23(6-2)7-3)22-15-16-10-9-11-17(14-16)25-8-4;/h9-11,14H,5-8,12-13,15H2,1-4H3,(H2,20,21,22);1H. The summed E-state index contributed by atoms with van der Waals surface area (Å²) < 4.78 is 5.51. The molecule has 0 aliphatic rings. The maximum atomic E-state index is 12.0. The molecule has 0 fully saturated rings. The van der Waals surface area contributed by atoms with E-state index in [1.165, 1.54) is 0 Å². The van der Waals surface area contributed by atoms with Gasteiger partial charge in [-0.15, -0.1) is 24.0 Å². The van der Waals surface area contributed by atoms with Crippen LogP contribution in [0.15, 0.2) is 29.3 Å². The van der Waals surface area contributed by atoms with Crippen molar-refractivity contribution in [3.05, 3.63) is 29.8 Å². The number of carbonyl (C=O) groups excluding carboxylic acids is 1. The smallest absolute Gasteiger partial charge is 0.224 e. The minimum atomic E-state index is 0. The van der Waals surface area contributed by atoms with E-state index in [9.17, 15) is 4.79 Å². The highest BCUT2D eigenvalue weighted by Gasteiger charge is 2.09. The molecule has 2 N–H and O–H groups in total. The Morgan fingerprint density at radius 1 is 1.15 bits per heavy atom. The lowest BCUT2D eigenvalue weighted by atomic mass is 10.2. The number of ether oxygens (including phenoxy) is 1. The molecule has 0 heterocycles. The summed E-state index contributed by atoms with van der Waals surface area (Å²) in [6, 6.07) is 7.94. The summed E-state index contributed by atoms with van der Waals surface area (Å²) in [5.41, 5.74) is 1.09. The summed E-state index contributed by atoms with van der Waals surface area (Å²) in [6.45, 7) is 12.0. The lowest BCUT2D eigenvalue weighted by Gasteiger charge is -2.19. The summed E-state index contributed by atoms with van der Waals surface area (Å²) in [5, 5.41) is 6.43. The molecule has 7 heteroatoms. The summed E-state index contributed by atoms with van der Waals surface area (Å²) in [4.78, 5) is 18.5. The summed E-state index contributed by atoms with van der Waals surface area (Å²) in [7, 11) is 0. The number of carbonyl (C=O) groups is 1. The van der Waals surface area contributed by atoms with Crippen molar-refractivity contribution in [3.63, 3.8) is 0 Å². The molecule has 1 aromatic rings. The van der Waals surface area contributed by atoms with Crippen LogP contribution in [0.2, 0.25) is 0 Å². The van der Waals surface area contributed by atoms with Gasteiger partial charge < -0.3 is 20.3 Å². The minimum Gasteiger partial charge on any atom is -0.494 e. The Labute approximate surface area is 174 Å². The molecule has 26 heavy (non-hydrogen) atoms. The van der Waals surface area contributed by atoms with Gasteiger partial charge in [-0.05, 0) is 45.4 Å². The van der Waals surface area contributed by atoms with Gasteiger partial charge in [-0.2, -0.15) is 0 Å².